The van der Waals surface area contributed by atoms with Crippen molar-refractivity contribution in [2.75, 3.05) is 0 Å². The Bertz CT molecular complexity index is 266. The van der Waals surface area contributed by atoms with Crippen LogP contribution in [0.3, 0.4) is 0 Å². The van der Waals surface area contributed by atoms with Gasteiger partial charge in [-0.15, -0.1) is 6.58 Å². The minimum absolute atomic E-state index is 0.205. The average Bonchev–Trinajstić information content (AvgIpc) is 2.26. The van der Waals surface area contributed by atoms with Crippen LogP contribution in [0.1, 0.15) is 31.2 Å². The molecule has 2 atom stereocenters. The maximum absolute atomic E-state index is 9.85. The van der Waals surface area contributed by atoms with Gasteiger partial charge in [0.25, 0.3) is 0 Å². The molecule has 1 aromatic rings. The van der Waals surface area contributed by atoms with Gasteiger partial charge in [0.2, 0.25) is 0 Å². The van der Waals surface area contributed by atoms with Gasteiger partial charge in [-0.3, -0.25) is 0 Å². The van der Waals surface area contributed by atoms with Gasteiger partial charge in [0, 0.05) is 5.92 Å². The summed E-state index contributed by atoms with van der Waals surface area (Å²) in [4.78, 5) is 0. The minimum Gasteiger partial charge on any atom is -0.392 e. The van der Waals surface area contributed by atoms with Crippen molar-refractivity contribution in [3.05, 3.63) is 48.6 Å². The van der Waals surface area contributed by atoms with Crippen LogP contribution in [0.5, 0.6) is 0 Å². The van der Waals surface area contributed by atoms with Crippen LogP contribution < -0.4 is 0 Å². The number of hydrogen-bond donors (Lipinski definition) is 1. The van der Waals surface area contributed by atoms with E-state index in [4.69, 9.17) is 0 Å². The summed E-state index contributed by atoms with van der Waals surface area (Å²) >= 11 is 0. The second-order valence-corrected chi connectivity index (χ2v) is 3.63. The van der Waals surface area contributed by atoms with Gasteiger partial charge in [-0.25, -0.2) is 0 Å². The van der Waals surface area contributed by atoms with Gasteiger partial charge in [0.1, 0.15) is 0 Å². The van der Waals surface area contributed by atoms with Crippen molar-refractivity contribution in [3.63, 3.8) is 0 Å². The standard InChI is InChI=1S/C13H18O/c1-3-4-10-13(14)11(2)12-8-6-5-7-9-12/h3,5-9,11,13-14H,1,4,10H2,2H3. The summed E-state index contributed by atoms with van der Waals surface area (Å²) in [5, 5.41) is 9.85. The molecule has 2 unspecified atom stereocenters. The molecule has 1 heteroatoms. The summed E-state index contributed by atoms with van der Waals surface area (Å²) in [5.74, 6) is 0.205. The molecule has 0 aliphatic carbocycles. The van der Waals surface area contributed by atoms with E-state index in [1.165, 1.54) is 5.56 Å². The molecule has 14 heavy (non-hydrogen) atoms. The molecule has 0 aliphatic rings. The van der Waals surface area contributed by atoms with Gasteiger partial charge in [-0.05, 0) is 18.4 Å². The van der Waals surface area contributed by atoms with Crippen LogP contribution >= 0.6 is 0 Å². The molecule has 0 aliphatic heterocycles. The van der Waals surface area contributed by atoms with E-state index in [0.29, 0.717) is 0 Å². The number of aliphatic hydroxyl groups is 1. The first-order valence-corrected chi connectivity index (χ1v) is 5.09. The Labute approximate surface area is 86.1 Å². The van der Waals surface area contributed by atoms with Crippen LogP contribution in [-0.4, -0.2) is 11.2 Å². The molecule has 1 N–H and O–H groups in total. The predicted octanol–water partition coefficient (Wildman–Crippen LogP) is 3.12. The topological polar surface area (TPSA) is 20.2 Å². The monoisotopic (exact) mass is 190 g/mol. The average molecular weight is 190 g/mol. The third-order valence-corrected chi connectivity index (χ3v) is 2.57. The lowest BCUT2D eigenvalue weighted by Gasteiger charge is -2.18. The van der Waals surface area contributed by atoms with Crippen molar-refractivity contribution in [2.45, 2.75) is 31.8 Å². The van der Waals surface area contributed by atoms with Crippen LogP contribution in [0.25, 0.3) is 0 Å². The highest BCUT2D eigenvalue weighted by atomic mass is 16.3. The molecular formula is C13H18O. The molecule has 0 spiro atoms. The summed E-state index contributed by atoms with van der Waals surface area (Å²) in [6, 6.07) is 10.1. The van der Waals surface area contributed by atoms with Crippen LogP contribution in [0.15, 0.2) is 43.0 Å². The maximum atomic E-state index is 9.85. The lowest BCUT2D eigenvalue weighted by atomic mass is 9.93. The molecule has 0 heterocycles. The molecule has 0 radical (unpaired) electrons. The first-order chi connectivity index (χ1) is 6.75. The first-order valence-electron chi connectivity index (χ1n) is 5.09. The summed E-state index contributed by atoms with van der Waals surface area (Å²) in [7, 11) is 0. The number of aliphatic hydroxyl groups excluding tert-OH is 1. The third-order valence-electron chi connectivity index (χ3n) is 2.57. The SMILES string of the molecule is C=CCCC(O)C(C)c1ccccc1. The van der Waals surface area contributed by atoms with Crippen molar-refractivity contribution in [1.29, 1.82) is 0 Å². The molecular weight excluding hydrogens is 172 g/mol. The van der Waals surface area contributed by atoms with E-state index >= 15 is 0 Å². The number of rotatable bonds is 5. The van der Waals surface area contributed by atoms with Crippen LogP contribution in [-0.2, 0) is 0 Å². The Morgan fingerprint density at radius 1 is 1.36 bits per heavy atom. The Kier molecular flexibility index (Phi) is 4.41. The van der Waals surface area contributed by atoms with Crippen molar-refractivity contribution < 1.29 is 5.11 Å². The second-order valence-electron chi connectivity index (χ2n) is 3.63. The Hall–Kier alpha value is -1.08. The smallest absolute Gasteiger partial charge is 0.0609 e. The van der Waals surface area contributed by atoms with E-state index in [9.17, 15) is 5.11 Å². The first kappa shape index (κ1) is 11.0. The highest BCUT2D eigenvalue weighted by Gasteiger charge is 2.14. The summed E-state index contributed by atoms with van der Waals surface area (Å²) in [6.07, 6.45) is 3.24. The largest absolute Gasteiger partial charge is 0.392 e. The maximum Gasteiger partial charge on any atom is 0.0609 e. The predicted molar refractivity (Wildman–Crippen MR) is 60.3 cm³/mol. The zero-order valence-electron chi connectivity index (χ0n) is 8.69. The summed E-state index contributed by atoms with van der Waals surface area (Å²) in [5.41, 5.74) is 1.20. The normalized spacial score (nSPS) is 14.7. The number of allylic oxidation sites excluding steroid dienone is 1. The fourth-order valence-corrected chi connectivity index (χ4v) is 1.52. The molecule has 1 rings (SSSR count). The van der Waals surface area contributed by atoms with E-state index < -0.39 is 0 Å². The fraction of sp³-hybridized carbons (Fsp3) is 0.385. The highest BCUT2D eigenvalue weighted by molar-refractivity contribution is 5.19. The molecule has 0 fully saturated rings. The fourth-order valence-electron chi connectivity index (χ4n) is 1.52. The van der Waals surface area contributed by atoms with Crippen LogP contribution in [0.2, 0.25) is 0 Å². The Morgan fingerprint density at radius 3 is 2.57 bits per heavy atom. The Balaban J connectivity index is 2.56. The van der Waals surface area contributed by atoms with Crippen LogP contribution in [0.4, 0.5) is 0 Å². The van der Waals surface area contributed by atoms with Gasteiger partial charge in [0.15, 0.2) is 0 Å². The van der Waals surface area contributed by atoms with E-state index in [-0.39, 0.29) is 12.0 Å². The quantitative estimate of drug-likeness (QED) is 0.707. The van der Waals surface area contributed by atoms with Gasteiger partial charge < -0.3 is 5.11 Å². The second kappa shape index (κ2) is 5.61. The van der Waals surface area contributed by atoms with Gasteiger partial charge in [0.05, 0.1) is 6.10 Å². The molecule has 0 aromatic heterocycles. The van der Waals surface area contributed by atoms with Gasteiger partial charge in [-0.2, -0.15) is 0 Å². The summed E-state index contributed by atoms with van der Waals surface area (Å²) in [6.45, 7) is 5.71. The number of hydrogen-bond acceptors (Lipinski definition) is 1. The van der Waals surface area contributed by atoms with E-state index in [1.807, 2.05) is 24.3 Å². The lowest BCUT2D eigenvalue weighted by molar-refractivity contribution is 0.141. The summed E-state index contributed by atoms with van der Waals surface area (Å²) < 4.78 is 0. The third kappa shape index (κ3) is 3.00. The van der Waals surface area contributed by atoms with Crippen molar-refractivity contribution in [3.8, 4) is 0 Å². The number of benzene rings is 1. The van der Waals surface area contributed by atoms with Crippen molar-refractivity contribution in [1.82, 2.24) is 0 Å². The van der Waals surface area contributed by atoms with E-state index in [0.717, 1.165) is 12.8 Å². The molecule has 1 aromatic carbocycles. The van der Waals surface area contributed by atoms with Crippen molar-refractivity contribution in [2.24, 2.45) is 0 Å². The zero-order valence-corrected chi connectivity index (χ0v) is 8.69. The minimum atomic E-state index is -0.268. The zero-order chi connectivity index (χ0) is 10.4. The van der Waals surface area contributed by atoms with Crippen LogP contribution in [0, 0.1) is 0 Å². The molecule has 0 bridgehead atoms. The Morgan fingerprint density at radius 2 is 2.00 bits per heavy atom. The molecule has 76 valence electrons. The van der Waals surface area contributed by atoms with Gasteiger partial charge in [-0.1, -0.05) is 43.3 Å². The van der Waals surface area contributed by atoms with E-state index in [2.05, 4.69) is 25.6 Å². The molecule has 0 saturated carbocycles. The molecule has 1 nitrogen and oxygen atoms in total. The molecule has 0 saturated heterocycles. The van der Waals surface area contributed by atoms with Crippen molar-refractivity contribution >= 4 is 0 Å². The lowest BCUT2D eigenvalue weighted by Crippen LogP contribution is -2.15. The highest BCUT2D eigenvalue weighted by Crippen LogP contribution is 2.21. The van der Waals surface area contributed by atoms with E-state index in [1.54, 1.807) is 0 Å². The molecule has 0 amide bonds. The van der Waals surface area contributed by atoms with Gasteiger partial charge >= 0.3 is 0 Å².